The normalized spacial score (nSPS) is 12.8. The molecule has 3 heteroatoms. The fourth-order valence-electron chi connectivity index (χ4n) is 0.787. The van der Waals surface area contributed by atoms with Crippen LogP contribution in [0.4, 0.5) is 0 Å². The maximum Gasteiger partial charge on any atom is 0.188 e. The Hall–Kier alpha value is -0.990. The Kier molecular flexibility index (Phi) is 7.07. The van der Waals surface area contributed by atoms with Gasteiger partial charge in [-0.15, -0.1) is 0 Å². The van der Waals surface area contributed by atoms with E-state index in [2.05, 4.69) is 30.2 Å². The predicted molar refractivity (Wildman–Crippen MR) is 58.8 cm³/mol. The highest BCUT2D eigenvalue weighted by molar-refractivity contribution is 5.77. The van der Waals surface area contributed by atoms with Gasteiger partial charge in [0, 0.05) is 13.1 Å². The molecule has 0 atom stereocenters. The molecule has 13 heavy (non-hydrogen) atoms. The van der Waals surface area contributed by atoms with E-state index in [0.717, 1.165) is 19.5 Å². The monoisotopic (exact) mass is 183 g/mol. The molecular formula is C10H21N3. The van der Waals surface area contributed by atoms with Crippen molar-refractivity contribution in [3.63, 3.8) is 0 Å². The Labute approximate surface area is 81.1 Å². The third-order valence-electron chi connectivity index (χ3n) is 1.48. The minimum Gasteiger partial charge on any atom is -0.370 e. The molecule has 0 aliphatic rings. The topological polar surface area (TPSA) is 50.4 Å². The Morgan fingerprint density at radius 2 is 2.23 bits per heavy atom. The molecule has 0 amide bonds. The fourth-order valence-corrected chi connectivity index (χ4v) is 0.787. The van der Waals surface area contributed by atoms with Crippen LogP contribution in [0.15, 0.2) is 17.1 Å². The summed E-state index contributed by atoms with van der Waals surface area (Å²) in [6.45, 7) is 7.91. The van der Waals surface area contributed by atoms with E-state index in [0.29, 0.717) is 11.9 Å². The molecule has 3 N–H and O–H groups in total. The van der Waals surface area contributed by atoms with Crippen molar-refractivity contribution in [2.45, 2.75) is 27.2 Å². The van der Waals surface area contributed by atoms with E-state index in [9.17, 15) is 0 Å². The second-order valence-corrected chi connectivity index (χ2v) is 3.40. The average Bonchev–Trinajstić information content (AvgIpc) is 2.09. The lowest BCUT2D eigenvalue weighted by Gasteiger charge is -2.04. The number of nitrogens with zero attached hydrogens (tertiary/aromatic N) is 1. The highest BCUT2D eigenvalue weighted by Gasteiger charge is 1.92. The molecule has 0 aliphatic heterocycles. The Morgan fingerprint density at radius 1 is 1.54 bits per heavy atom. The van der Waals surface area contributed by atoms with E-state index >= 15 is 0 Å². The summed E-state index contributed by atoms with van der Waals surface area (Å²) >= 11 is 0. The summed E-state index contributed by atoms with van der Waals surface area (Å²) in [5.41, 5.74) is 5.62. The molecule has 0 aliphatic carbocycles. The molecule has 76 valence electrons. The molecule has 0 saturated carbocycles. The van der Waals surface area contributed by atoms with Crippen molar-refractivity contribution >= 4 is 5.96 Å². The van der Waals surface area contributed by atoms with Crippen molar-refractivity contribution in [3.05, 3.63) is 12.2 Å². The molecule has 0 unspecified atom stereocenters. The lowest BCUT2D eigenvalue weighted by atomic mass is 10.2. The molecule has 0 aromatic rings. The maximum atomic E-state index is 5.62. The Morgan fingerprint density at radius 3 is 2.77 bits per heavy atom. The van der Waals surface area contributed by atoms with Crippen molar-refractivity contribution in [2.24, 2.45) is 16.6 Å². The van der Waals surface area contributed by atoms with Gasteiger partial charge in [0.15, 0.2) is 5.96 Å². The third-order valence-corrected chi connectivity index (χ3v) is 1.48. The summed E-state index contributed by atoms with van der Waals surface area (Å²) in [6, 6.07) is 0. The van der Waals surface area contributed by atoms with Gasteiger partial charge in [-0.3, -0.25) is 4.99 Å². The van der Waals surface area contributed by atoms with Crippen molar-refractivity contribution < 1.29 is 0 Å². The van der Waals surface area contributed by atoms with Gasteiger partial charge in [0.05, 0.1) is 0 Å². The average molecular weight is 183 g/mol. The molecule has 0 radical (unpaired) electrons. The van der Waals surface area contributed by atoms with Crippen LogP contribution in [-0.2, 0) is 0 Å². The van der Waals surface area contributed by atoms with E-state index in [1.54, 1.807) is 0 Å². The summed E-state index contributed by atoms with van der Waals surface area (Å²) in [5.74, 6) is 1.12. The molecule has 0 bridgehead atoms. The van der Waals surface area contributed by atoms with Gasteiger partial charge < -0.3 is 11.1 Å². The van der Waals surface area contributed by atoms with Crippen molar-refractivity contribution in [2.75, 3.05) is 13.1 Å². The highest BCUT2D eigenvalue weighted by Crippen LogP contribution is 1.90. The standard InChI is InChI=1S/C10H21N3/c1-4-5-6-7-12-10(11)13-8-9(2)3/h4-5,9H,6-8H2,1-3H3,(H3,11,12,13)/b5-4+. The van der Waals surface area contributed by atoms with Gasteiger partial charge in [0.25, 0.3) is 0 Å². The number of guanidine groups is 1. The summed E-state index contributed by atoms with van der Waals surface area (Å²) in [7, 11) is 0. The van der Waals surface area contributed by atoms with Crippen molar-refractivity contribution in [1.29, 1.82) is 0 Å². The zero-order chi connectivity index (χ0) is 10.1. The van der Waals surface area contributed by atoms with Gasteiger partial charge in [0.1, 0.15) is 0 Å². The fraction of sp³-hybridized carbons (Fsp3) is 0.700. The van der Waals surface area contributed by atoms with Crippen LogP contribution in [0.2, 0.25) is 0 Å². The van der Waals surface area contributed by atoms with Crippen LogP contribution in [0, 0.1) is 5.92 Å². The van der Waals surface area contributed by atoms with Gasteiger partial charge in [-0.25, -0.2) is 0 Å². The molecular weight excluding hydrogens is 162 g/mol. The molecule has 0 heterocycles. The van der Waals surface area contributed by atoms with E-state index in [1.807, 2.05) is 13.0 Å². The number of nitrogens with one attached hydrogen (secondary N) is 1. The smallest absolute Gasteiger partial charge is 0.188 e. The summed E-state index contributed by atoms with van der Waals surface area (Å²) in [5, 5.41) is 3.05. The first-order chi connectivity index (χ1) is 6.16. The number of aliphatic imine (C=N–C) groups is 1. The Bertz CT molecular complexity index is 171. The van der Waals surface area contributed by atoms with E-state index in [-0.39, 0.29) is 0 Å². The van der Waals surface area contributed by atoms with Crippen LogP contribution in [0.5, 0.6) is 0 Å². The van der Waals surface area contributed by atoms with Crippen LogP contribution in [0.25, 0.3) is 0 Å². The zero-order valence-electron chi connectivity index (χ0n) is 8.88. The van der Waals surface area contributed by atoms with Gasteiger partial charge in [-0.1, -0.05) is 26.0 Å². The number of hydrogen-bond donors (Lipinski definition) is 2. The van der Waals surface area contributed by atoms with Gasteiger partial charge in [0.2, 0.25) is 0 Å². The second kappa shape index (κ2) is 7.65. The number of rotatable bonds is 5. The van der Waals surface area contributed by atoms with Crippen LogP contribution < -0.4 is 11.1 Å². The SMILES string of the molecule is C/C=C/CCNC(N)=NCC(C)C. The number of hydrogen-bond acceptors (Lipinski definition) is 1. The Balaban J connectivity index is 3.49. The van der Waals surface area contributed by atoms with Gasteiger partial charge in [-0.2, -0.15) is 0 Å². The molecule has 0 aromatic heterocycles. The predicted octanol–water partition coefficient (Wildman–Crippen LogP) is 1.51. The van der Waals surface area contributed by atoms with Crippen molar-refractivity contribution in [1.82, 2.24) is 5.32 Å². The first-order valence-electron chi connectivity index (χ1n) is 4.81. The van der Waals surface area contributed by atoms with Crippen LogP contribution >= 0.6 is 0 Å². The molecule has 0 aromatic carbocycles. The minimum absolute atomic E-state index is 0.554. The van der Waals surface area contributed by atoms with Gasteiger partial charge >= 0.3 is 0 Å². The quantitative estimate of drug-likeness (QED) is 0.294. The number of allylic oxidation sites excluding steroid dienone is 1. The summed E-state index contributed by atoms with van der Waals surface area (Å²) in [6.07, 6.45) is 5.13. The minimum atomic E-state index is 0.554. The van der Waals surface area contributed by atoms with E-state index < -0.39 is 0 Å². The largest absolute Gasteiger partial charge is 0.370 e. The van der Waals surface area contributed by atoms with Crippen LogP contribution in [-0.4, -0.2) is 19.0 Å². The lowest BCUT2D eigenvalue weighted by molar-refractivity contribution is 0.661. The highest BCUT2D eigenvalue weighted by atomic mass is 15.1. The van der Waals surface area contributed by atoms with Crippen molar-refractivity contribution in [3.8, 4) is 0 Å². The van der Waals surface area contributed by atoms with E-state index in [4.69, 9.17) is 5.73 Å². The maximum absolute atomic E-state index is 5.62. The molecule has 0 rings (SSSR count). The second-order valence-electron chi connectivity index (χ2n) is 3.40. The summed E-state index contributed by atoms with van der Waals surface area (Å²) < 4.78 is 0. The zero-order valence-corrected chi connectivity index (χ0v) is 8.88. The van der Waals surface area contributed by atoms with Crippen LogP contribution in [0.1, 0.15) is 27.2 Å². The first-order valence-corrected chi connectivity index (χ1v) is 4.81. The number of nitrogens with two attached hydrogens (primary N) is 1. The molecule has 3 nitrogen and oxygen atoms in total. The lowest BCUT2D eigenvalue weighted by Crippen LogP contribution is -2.32. The van der Waals surface area contributed by atoms with Gasteiger partial charge in [-0.05, 0) is 19.3 Å². The molecule has 0 fully saturated rings. The van der Waals surface area contributed by atoms with Crippen LogP contribution in [0.3, 0.4) is 0 Å². The molecule has 0 saturated heterocycles. The first kappa shape index (κ1) is 12.0. The molecule has 0 spiro atoms. The third kappa shape index (κ3) is 8.92. The summed E-state index contributed by atoms with van der Waals surface area (Å²) in [4.78, 5) is 4.18. The van der Waals surface area contributed by atoms with E-state index in [1.165, 1.54) is 0 Å².